The number of nitrogens with zero attached hydrogens (tertiary/aromatic N) is 1. The summed E-state index contributed by atoms with van der Waals surface area (Å²) in [4.78, 5) is 16.0. The van der Waals surface area contributed by atoms with Gasteiger partial charge in [-0.1, -0.05) is 0 Å². The molecule has 3 nitrogen and oxygen atoms in total. The van der Waals surface area contributed by atoms with Crippen molar-refractivity contribution < 1.29 is 4.79 Å². The molecule has 1 aliphatic rings. The molecule has 0 aliphatic heterocycles. The van der Waals surface area contributed by atoms with Crippen molar-refractivity contribution in [2.24, 2.45) is 0 Å². The number of carbonyl (C=O) groups is 1. The van der Waals surface area contributed by atoms with E-state index in [0.29, 0.717) is 11.4 Å². The van der Waals surface area contributed by atoms with Crippen molar-refractivity contribution in [2.45, 2.75) is 31.7 Å². The number of rotatable bonds is 3. The minimum Gasteiger partial charge on any atom is -0.345 e. The van der Waals surface area contributed by atoms with Gasteiger partial charge in [0, 0.05) is 17.8 Å². The quantitative estimate of drug-likeness (QED) is 0.821. The van der Waals surface area contributed by atoms with Gasteiger partial charge in [0.2, 0.25) is 0 Å². The molecule has 1 fully saturated rings. The van der Waals surface area contributed by atoms with Crippen LogP contribution in [0.25, 0.3) is 0 Å². The van der Waals surface area contributed by atoms with Crippen molar-refractivity contribution in [3.8, 4) is 0 Å². The summed E-state index contributed by atoms with van der Waals surface area (Å²) < 4.78 is 0. The van der Waals surface area contributed by atoms with Crippen LogP contribution in [-0.4, -0.2) is 22.3 Å². The number of pyridine rings is 1. The molecular formula is C12H15ClN2O. The molecular weight excluding hydrogens is 224 g/mol. The molecule has 1 amide bonds. The van der Waals surface area contributed by atoms with Crippen LogP contribution in [0.2, 0.25) is 0 Å². The van der Waals surface area contributed by atoms with Gasteiger partial charge in [0.25, 0.3) is 5.91 Å². The van der Waals surface area contributed by atoms with Crippen molar-refractivity contribution in [2.75, 3.05) is 5.88 Å². The Kier molecular flexibility index (Phi) is 3.15. The summed E-state index contributed by atoms with van der Waals surface area (Å²) in [6.07, 6.45) is 4.69. The van der Waals surface area contributed by atoms with Gasteiger partial charge in [-0.15, -0.1) is 11.6 Å². The maximum Gasteiger partial charge on any atom is 0.253 e. The zero-order valence-corrected chi connectivity index (χ0v) is 10.0. The number of carbonyl (C=O) groups excluding carboxylic acids is 1. The SMILES string of the molecule is Cc1ccc(C(=O)NC2(CCl)CCC2)cn1. The van der Waals surface area contributed by atoms with Crippen molar-refractivity contribution in [3.63, 3.8) is 0 Å². The van der Waals surface area contributed by atoms with E-state index in [-0.39, 0.29) is 11.4 Å². The van der Waals surface area contributed by atoms with E-state index in [2.05, 4.69) is 10.3 Å². The summed E-state index contributed by atoms with van der Waals surface area (Å²) in [6, 6.07) is 3.63. The average molecular weight is 239 g/mol. The van der Waals surface area contributed by atoms with Crippen LogP contribution in [0.3, 0.4) is 0 Å². The second-order valence-corrected chi connectivity index (χ2v) is 4.68. The summed E-state index contributed by atoms with van der Waals surface area (Å²) in [6.45, 7) is 1.90. The number of halogens is 1. The van der Waals surface area contributed by atoms with E-state index in [4.69, 9.17) is 11.6 Å². The lowest BCUT2D eigenvalue weighted by molar-refractivity contribution is 0.0853. The number of hydrogen-bond donors (Lipinski definition) is 1. The third kappa shape index (κ3) is 2.19. The second kappa shape index (κ2) is 4.42. The molecule has 2 rings (SSSR count). The number of aromatic nitrogens is 1. The van der Waals surface area contributed by atoms with E-state index >= 15 is 0 Å². The fraction of sp³-hybridized carbons (Fsp3) is 0.500. The van der Waals surface area contributed by atoms with Crippen LogP contribution in [0.4, 0.5) is 0 Å². The third-order valence-corrected chi connectivity index (χ3v) is 3.63. The molecule has 0 saturated heterocycles. The van der Waals surface area contributed by atoms with Gasteiger partial charge in [0.1, 0.15) is 0 Å². The molecule has 1 aromatic heterocycles. The smallest absolute Gasteiger partial charge is 0.253 e. The number of nitrogens with one attached hydrogen (secondary N) is 1. The van der Waals surface area contributed by atoms with Crippen LogP contribution in [0, 0.1) is 6.92 Å². The normalized spacial score (nSPS) is 17.6. The van der Waals surface area contributed by atoms with Gasteiger partial charge >= 0.3 is 0 Å². The van der Waals surface area contributed by atoms with Crippen molar-refractivity contribution in [1.82, 2.24) is 10.3 Å². The molecule has 1 heterocycles. The zero-order chi connectivity index (χ0) is 11.6. The highest BCUT2D eigenvalue weighted by molar-refractivity contribution is 6.19. The first kappa shape index (κ1) is 11.4. The van der Waals surface area contributed by atoms with Gasteiger partial charge in [-0.2, -0.15) is 0 Å². The average Bonchev–Trinajstić information content (AvgIpc) is 2.24. The van der Waals surface area contributed by atoms with Crippen LogP contribution in [0.15, 0.2) is 18.3 Å². The molecule has 1 aromatic rings. The topological polar surface area (TPSA) is 42.0 Å². The fourth-order valence-electron chi connectivity index (χ4n) is 1.81. The van der Waals surface area contributed by atoms with Gasteiger partial charge in [-0.25, -0.2) is 0 Å². The van der Waals surface area contributed by atoms with Crippen molar-refractivity contribution >= 4 is 17.5 Å². The summed E-state index contributed by atoms with van der Waals surface area (Å²) in [5.74, 6) is 0.408. The minimum absolute atomic E-state index is 0.0761. The van der Waals surface area contributed by atoms with Gasteiger partial charge in [0.15, 0.2) is 0 Å². The Balaban J connectivity index is 2.05. The van der Waals surface area contributed by atoms with Crippen LogP contribution in [-0.2, 0) is 0 Å². The van der Waals surface area contributed by atoms with E-state index in [1.165, 1.54) is 0 Å². The molecule has 0 bridgehead atoms. The first-order valence-electron chi connectivity index (χ1n) is 5.46. The highest BCUT2D eigenvalue weighted by Crippen LogP contribution is 2.33. The lowest BCUT2D eigenvalue weighted by atomic mass is 9.78. The van der Waals surface area contributed by atoms with Crippen LogP contribution in [0.1, 0.15) is 35.3 Å². The zero-order valence-electron chi connectivity index (χ0n) is 9.29. The van der Waals surface area contributed by atoms with E-state index in [9.17, 15) is 4.79 Å². The maximum absolute atomic E-state index is 11.9. The third-order valence-electron chi connectivity index (χ3n) is 3.12. The van der Waals surface area contributed by atoms with Gasteiger partial charge in [-0.05, 0) is 38.3 Å². The maximum atomic E-state index is 11.9. The Hall–Kier alpha value is -1.09. The molecule has 0 radical (unpaired) electrons. The molecule has 86 valence electrons. The Morgan fingerprint density at radius 3 is 2.75 bits per heavy atom. The number of hydrogen-bond acceptors (Lipinski definition) is 2. The van der Waals surface area contributed by atoms with Gasteiger partial charge in [0.05, 0.1) is 11.1 Å². The van der Waals surface area contributed by atoms with E-state index in [1.807, 2.05) is 13.0 Å². The first-order chi connectivity index (χ1) is 7.65. The number of aryl methyl sites for hydroxylation is 1. The molecule has 0 unspecified atom stereocenters. The molecule has 0 spiro atoms. The van der Waals surface area contributed by atoms with Crippen LogP contribution in [0.5, 0.6) is 0 Å². The molecule has 0 aromatic carbocycles. The largest absolute Gasteiger partial charge is 0.345 e. The Morgan fingerprint density at radius 1 is 1.56 bits per heavy atom. The molecule has 4 heteroatoms. The van der Waals surface area contributed by atoms with Crippen LogP contribution >= 0.6 is 11.6 Å². The highest BCUT2D eigenvalue weighted by atomic mass is 35.5. The summed E-state index contributed by atoms with van der Waals surface area (Å²) in [5, 5.41) is 3.00. The number of alkyl halides is 1. The first-order valence-corrected chi connectivity index (χ1v) is 6.00. The highest BCUT2D eigenvalue weighted by Gasteiger charge is 2.37. The molecule has 16 heavy (non-hydrogen) atoms. The fourth-order valence-corrected chi connectivity index (χ4v) is 2.14. The number of amides is 1. The second-order valence-electron chi connectivity index (χ2n) is 4.41. The molecule has 1 N–H and O–H groups in total. The van der Waals surface area contributed by atoms with Crippen LogP contribution < -0.4 is 5.32 Å². The van der Waals surface area contributed by atoms with E-state index in [0.717, 1.165) is 25.0 Å². The Morgan fingerprint density at radius 2 is 2.31 bits per heavy atom. The summed E-state index contributed by atoms with van der Waals surface area (Å²) in [5.41, 5.74) is 1.33. The predicted molar refractivity (Wildman–Crippen MR) is 63.7 cm³/mol. The summed E-state index contributed by atoms with van der Waals surface area (Å²) >= 11 is 5.89. The molecule has 1 saturated carbocycles. The standard InChI is InChI=1S/C12H15ClN2O/c1-9-3-4-10(7-14-9)11(16)15-12(8-13)5-2-6-12/h3-4,7H,2,5-6,8H2,1H3,(H,15,16). The minimum atomic E-state index is -0.177. The van der Waals surface area contributed by atoms with E-state index < -0.39 is 0 Å². The molecule has 1 aliphatic carbocycles. The van der Waals surface area contributed by atoms with Crippen molar-refractivity contribution in [3.05, 3.63) is 29.6 Å². The van der Waals surface area contributed by atoms with Crippen molar-refractivity contribution in [1.29, 1.82) is 0 Å². The lowest BCUT2D eigenvalue weighted by Crippen LogP contribution is -2.55. The van der Waals surface area contributed by atoms with Gasteiger partial charge < -0.3 is 5.32 Å². The summed E-state index contributed by atoms with van der Waals surface area (Å²) in [7, 11) is 0. The monoisotopic (exact) mass is 238 g/mol. The Labute approximate surface area is 100 Å². The lowest BCUT2D eigenvalue weighted by Gasteiger charge is -2.40. The Bertz CT molecular complexity index is 379. The van der Waals surface area contributed by atoms with E-state index in [1.54, 1.807) is 12.3 Å². The predicted octanol–water partition coefficient (Wildman–Crippen LogP) is 2.28. The van der Waals surface area contributed by atoms with Gasteiger partial charge in [-0.3, -0.25) is 9.78 Å². The molecule has 0 atom stereocenters.